The second-order valence-corrected chi connectivity index (χ2v) is 30.9. The third-order valence-corrected chi connectivity index (χ3v) is 21.3. The Morgan fingerprint density at radius 3 is 1.22 bits per heavy atom. The van der Waals surface area contributed by atoms with E-state index in [-0.39, 0.29) is 119 Å². The van der Waals surface area contributed by atoms with Crippen molar-refractivity contribution in [2.75, 3.05) is 134 Å². The fourth-order valence-electron chi connectivity index (χ4n) is 13.4. The molecule has 4 aromatic rings. The predicted molar refractivity (Wildman–Crippen MR) is 409 cm³/mol. The number of aryl methyl sites for hydroxylation is 2. The number of nitrogens with one attached hydrogen (secondary N) is 6. The molecule has 108 heavy (non-hydrogen) atoms. The van der Waals surface area contributed by atoms with Crippen LogP contribution >= 0.6 is 22.7 Å². The number of carbonyl (C=O) groups is 6. The number of aromatic nitrogens is 6. The van der Waals surface area contributed by atoms with Gasteiger partial charge in [0.15, 0.2) is 5.89 Å². The molecule has 6 fully saturated rings. The van der Waals surface area contributed by atoms with Crippen molar-refractivity contribution in [1.29, 1.82) is 0 Å². The summed E-state index contributed by atoms with van der Waals surface area (Å²) in [7, 11) is 10.7. The molecule has 10 heterocycles. The Kier molecular flexibility index (Phi) is 35.0. The molecule has 12 rings (SSSR count). The number of hydrogen-bond acceptors (Lipinski definition) is 28. The molecule has 600 valence electrons. The number of nitrogens with zero attached hydrogens (tertiary/aromatic N) is 12. The molecule has 0 saturated carbocycles. The number of rotatable bonds is 18. The zero-order chi connectivity index (χ0) is 78.8. The number of amides is 6. The number of ether oxygens (including phenoxy) is 6. The van der Waals surface area contributed by atoms with E-state index in [0.717, 1.165) is 14.9 Å². The van der Waals surface area contributed by atoms with Crippen LogP contribution in [-0.4, -0.2) is 302 Å². The highest BCUT2D eigenvalue weighted by Gasteiger charge is 2.39. The van der Waals surface area contributed by atoms with Crippen molar-refractivity contribution in [1.82, 2.24) is 91.7 Å². The Labute approximate surface area is 644 Å². The van der Waals surface area contributed by atoms with Crippen LogP contribution in [0.2, 0.25) is 0 Å². The minimum atomic E-state index is -0.333. The van der Waals surface area contributed by atoms with Gasteiger partial charge >= 0.3 is 0 Å². The minimum absolute atomic E-state index is 0.00398. The first-order valence-corrected chi connectivity index (χ1v) is 38.8. The van der Waals surface area contributed by atoms with Crippen molar-refractivity contribution in [2.45, 2.75) is 182 Å². The Balaban J connectivity index is 0.000000181. The molecule has 2 aliphatic carbocycles. The van der Waals surface area contributed by atoms with Crippen LogP contribution in [0.3, 0.4) is 0 Å². The van der Waals surface area contributed by atoms with Crippen LogP contribution < -0.4 is 31.9 Å². The molecule has 12 unspecified atom stereocenters. The summed E-state index contributed by atoms with van der Waals surface area (Å²) < 4.78 is 44.1. The number of thiazole rings is 1. The van der Waals surface area contributed by atoms with Gasteiger partial charge in [-0.15, -0.1) is 43.1 Å². The lowest BCUT2D eigenvalue weighted by atomic mass is 9.87. The molecule has 6 saturated heterocycles. The Bertz CT molecular complexity index is 3440. The number of oxazole rings is 1. The monoisotopic (exact) mass is 1550 g/mol. The highest BCUT2D eigenvalue weighted by atomic mass is 32.1. The molecule has 32 nitrogen and oxygen atoms in total. The van der Waals surface area contributed by atoms with Crippen LogP contribution in [-0.2, 0) is 83.4 Å². The third-order valence-electron chi connectivity index (χ3n) is 19.8. The molecule has 6 N–H and O–H groups in total. The summed E-state index contributed by atoms with van der Waals surface area (Å²) in [5, 5.41) is 35.1. The first kappa shape index (κ1) is 88.1. The number of allylic oxidation sites excluding steroid dienone is 5. The smallest absolute Gasteiger partial charge is 0.242 e. The SMILES string of the molecule is CNC1C(=O)N(CC2=CC(C)(C)C=C2)CCOC1C.CNC1C(=O)N(CC2=CC=CC2(C)C)CCOC1C.CNC1C(=O)N(Cc2cnc(C)o2)CCOC1C.CNC1C(=O)N(Cc2cnc(C)s2)CCOC1C.CNC1C(=O)N(Cc2nnco2)CCOC1C.CNC1C(=O)N(Cc2nncs2)CCOC1C. The van der Waals surface area contributed by atoms with Crippen molar-refractivity contribution in [2.24, 2.45) is 10.8 Å². The molecule has 6 aliphatic heterocycles. The number of hydrogen-bond donors (Lipinski definition) is 6. The highest BCUT2D eigenvalue weighted by Crippen LogP contribution is 2.34. The van der Waals surface area contributed by atoms with Crippen LogP contribution in [0, 0.1) is 24.7 Å². The van der Waals surface area contributed by atoms with E-state index in [1.807, 2.05) is 83.5 Å². The molecule has 0 aromatic carbocycles. The first-order chi connectivity index (χ1) is 51.5. The van der Waals surface area contributed by atoms with Crippen LogP contribution in [0.1, 0.15) is 102 Å². The summed E-state index contributed by atoms with van der Waals surface area (Å²) in [6, 6.07) is -1.69. The topological polar surface area (TPSA) is 353 Å². The Morgan fingerprint density at radius 2 is 0.889 bits per heavy atom. The van der Waals surface area contributed by atoms with Crippen molar-refractivity contribution in [3.63, 3.8) is 0 Å². The van der Waals surface area contributed by atoms with Gasteiger partial charge in [-0.3, -0.25) is 28.8 Å². The second kappa shape index (κ2) is 42.9. The maximum Gasteiger partial charge on any atom is 0.242 e. The quantitative estimate of drug-likeness (QED) is 0.0833. The van der Waals surface area contributed by atoms with Gasteiger partial charge in [0.25, 0.3) is 0 Å². The average Bonchev–Trinajstić information content (AvgIpc) is 1.66. The maximum absolute atomic E-state index is 12.5. The van der Waals surface area contributed by atoms with Gasteiger partial charge in [0.2, 0.25) is 47.7 Å². The first-order valence-electron chi connectivity index (χ1n) is 37.1. The molecule has 12 atom stereocenters. The van der Waals surface area contributed by atoms with E-state index in [0.29, 0.717) is 136 Å². The molecular formula is C74H118N18O14S2. The summed E-state index contributed by atoms with van der Waals surface area (Å²) in [5.74, 6) is 2.21. The molecule has 34 heteroatoms. The van der Waals surface area contributed by atoms with E-state index in [2.05, 4.69) is 126 Å². The van der Waals surface area contributed by atoms with Gasteiger partial charge in [0.1, 0.15) is 52.5 Å². The van der Waals surface area contributed by atoms with Gasteiger partial charge in [-0.25, -0.2) is 9.97 Å². The molecule has 4 aromatic heterocycles. The van der Waals surface area contributed by atoms with Crippen molar-refractivity contribution < 1.29 is 66.0 Å². The normalized spacial score (nSPS) is 27.3. The van der Waals surface area contributed by atoms with Gasteiger partial charge in [-0.2, -0.15) is 0 Å². The summed E-state index contributed by atoms with van der Waals surface area (Å²) in [6.07, 6.45) is 17.1. The zero-order valence-corrected chi connectivity index (χ0v) is 68.0. The van der Waals surface area contributed by atoms with E-state index < -0.39 is 0 Å². The van der Waals surface area contributed by atoms with E-state index in [1.54, 1.807) is 72.9 Å². The maximum atomic E-state index is 12.5. The standard InChI is InChI=1S/2C15H24N2O2.C12H19N3O3.C12H19N3O2S.C10H16N4O3.C10H16N4O2S/c1-11-13(16-4)14(18)17(7-8-19-11)10-12-5-6-15(2,3)9-12;1-11-13(16-4)14(18)17(8-9-19-11)10-12-6-5-7-15(12,2)3;2*1-8-11(13-3)12(16)15(4-5-17-8)7-10-6-14-9(2)18-10;2*1-7-9(11-2)10(15)14(3-4-16-7)5-8-13-12-6-17-8/h5-6,9,11,13,16H,7-8,10H2,1-4H3;5-7,11,13,16H,8-10H2,1-4H3;2*6,8,11,13H,4-5,7H2,1-3H3;2*6-7,9,11H,3-5H2,1-2H3. The Morgan fingerprint density at radius 1 is 0.481 bits per heavy atom. The van der Waals surface area contributed by atoms with E-state index in [4.69, 9.17) is 37.3 Å². The summed E-state index contributed by atoms with van der Waals surface area (Å²) in [4.78, 5) is 94.3. The van der Waals surface area contributed by atoms with Crippen LogP contribution in [0.15, 0.2) is 80.7 Å². The van der Waals surface area contributed by atoms with E-state index in [1.165, 1.54) is 28.9 Å². The fraction of sp³-hybridized carbons (Fsp3) is 0.676. The molecule has 0 radical (unpaired) electrons. The minimum Gasteiger partial charge on any atom is -0.444 e. The lowest BCUT2D eigenvalue weighted by molar-refractivity contribution is -0.135. The van der Waals surface area contributed by atoms with Crippen LogP contribution in [0.4, 0.5) is 0 Å². The molecule has 8 aliphatic rings. The predicted octanol–water partition coefficient (Wildman–Crippen LogP) is 3.07. The average molecular weight is 1550 g/mol. The lowest BCUT2D eigenvalue weighted by Gasteiger charge is -2.29. The molecule has 0 spiro atoms. The van der Waals surface area contributed by atoms with Crippen molar-refractivity contribution in [3.05, 3.63) is 104 Å². The summed E-state index contributed by atoms with van der Waals surface area (Å²) >= 11 is 3.09. The lowest BCUT2D eigenvalue weighted by Crippen LogP contribution is -2.49. The number of likely N-dealkylation sites (N-methyl/N-ethyl adjacent to an activating group) is 6. The third kappa shape index (κ3) is 25.4. The number of carbonyl (C=O) groups excluding carboxylic acids is 6. The van der Waals surface area contributed by atoms with E-state index in [9.17, 15) is 28.8 Å². The molecule has 6 amide bonds. The van der Waals surface area contributed by atoms with Gasteiger partial charge < -0.3 is 98.6 Å². The Hall–Kier alpha value is -7.16. The van der Waals surface area contributed by atoms with Gasteiger partial charge in [-0.1, -0.05) is 64.2 Å². The van der Waals surface area contributed by atoms with Gasteiger partial charge in [0, 0.05) is 81.2 Å². The largest absolute Gasteiger partial charge is 0.444 e. The summed E-state index contributed by atoms with van der Waals surface area (Å²) in [6.45, 7) is 34.3. The van der Waals surface area contributed by atoms with Crippen molar-refractivity contribution >= 4 is 58.1 Å². The fourth-order valence-corrected chi connectivity index (χ4v) is 14.8. The van der Waals surface area contributed by atoms with Crippen LogP contribution in [0.5, 0.6) is 0 Å². The zero-order valence-electron chi connectivity index (χ0n) is 66.3. The summed E-state index contributed by atoms with van der Waals surface area (Å²) in [5.41, 5.74) is 4.32. The van der Waals surface area contributed by atoms with E-state index >= 15 is 0 Å². The second-order valence-electron chi connectivity index (χ2n) is 28.6. The van der Waals surface area contributed by atoms with Crippen LogP contribution in [0.25, 0.3) is 0 Å². The van der Waals surface area contributed by atoms with Gasteiger partial charge in [0.05, 0.1) is 114 Å². The highest BCUT2D eigenvalue weighted by molar-refractivity contribution is 7.11. The van der Waals surface area contributed by atoms with Gasteiger partial charge in [-0.05, 0) is 102 Å². The molecular weight excluding hydrogens is 1430 g/mol. The molecule has 0 bridgehead atoms. The van der Waals surface area contributed by atoms with Crippen molar-refractivity contribution in [3.8, 4) is 0 Å².